The number of furan rings is 1. The minimum atomic E-state index is -0.438. The van der Waals surface area contributed by atoms with Gasteiger partial charge in [0.1, 0.15) is 11.3 Å². The number of hydrogen-bond donors (Lipinski definition) is 1. The highest BCUT2D eigenvalue weighted by Crippen LogP contribution is 2.32. The Balaban J connectivity index is 1.39. The van der Waals surface area contributed by atoms with Crippen molar-refractivity contribution in [3.63, 3.8) is 0 Å². The fourth-order valence-electron chi connectivity index (χ4n) is 3.63. The maximum atomic E-state index is 13.0. The van der Waals surface area contributed by atoms with Gasteiger partial charge in [0.15, 0.2) is 10.9 Å². The monoisotopic (exact) mass is 403 g/mol. The van der Waals surface area contributed by atoms with E-state index in [0.29, 0.717) is 28.7 Å². The third kappa shape index (κ3) is 3.09. The van der Waals surface area contributed by atoms with Crippen LogP contribution in [0.4, 0.5) is 5.13 Å². The largest absolute Gasteiger partial charge is 0.454 e. The van der Waals surface area contributed by atoms with E-state index in [9.17, 15) is 9.59 Å². The van der Waals surface area contributed by atoms with Crippen molar-refractivity contribution in [2.45, 2.75) is 5.92 Å². The number of amides is 2. The molecule has 2 amide bonds. The van der Waals surface area contributed by atoms with Crippen LogP contribution in [0, 0.1) is 0 Å². The molecule has 1 aliphatic rings. The average molecular weight is 403 g/mol. The fraction of sp³-hybridized carbons (Fsp3) is 0.136. The van der Waals surface area contributed by atoms with E-state index in [1.807, 2.05) is 53.9 Å². The molecule has 2 aromatic heterocycles. The zero-order valence-electron chi connectivity index (χ0n) is 15.6. The zero-order valence-corrected chi connectivity index (χ0v) is 16.4. The molecule has 1 unspecified atom stereocenters. The minimum Gasteiger partial charge on any atom is -0.454 e. The van der Waals surface area contributed by atoms with E-state index in [1.165, 1.54) is 11.3 Å². The molecule has 1 N–H and O–H groups in total. The molecule has 29 heavy (non-hydrogen) atoms. The number of nitrogens with zero attached hydrogens (tertiary/aromatic N) is 2. The molecule has 7 heteroatoms. The second-order valence-electron chi connectivity index (χ2n) is 7.00. The zero-order chi connectivity index (χ0) is 20.0. The van der Waals surface area contributed by atoms with Crippen molar-refractivity contribution < 1.29 is 14.0 Å². The molecule has 1 atom stereocenters. The molecule has 2 aromatic carbocycles. The molecule has 144 valence electrons. The van der Waals surface area contributed by atoms with E-state index >= 15 is 0 Å². The molecule has 0 fully saturated rings. The number of benzene rings is 2. The van der Waals surface area contributed by atoms with E-state index in [-0.39, 0.29) is 11.8 Å². The summed E-state index contributed by atoms with van der Waals surface area (Å²) in [6, 6.07) is 17.0. The maximum absolute atomic E-state index is 13.0. The lowest BCUT2D eigenvalue weighted by atomic mass is 9.89. The lowest BCUT2D eigenvalue weighted by Gasteiger charge is -2.30. The predicted octanol–water partition coefficient (Wildman–Crippen LogP) is 4.36. The summed E-state index contributed by atoms with van der Waals surface area (Å²) in [6.45, 7) is 0.337. The number of thiazole rings is 1. The molecule has 1 aliphatic heterocycles. The first kappa shape index (κ1) is 17.6. The van der Waals surface area contributed by atoms with Crippen LogP contribution in [0.3, 0.4) is 0 Å². The fourth-order valence-corrected chi connectivity index (χ4v) is 4.33. The quantitative estimate of drug-likeness (QED) is 0.551. The van der Waals surface area contributed by atoms with Gasteiger partial charge in [-0.15, -0.1) is 11.3 Å². The van der Waals surface area contributed by atoms with Crippen LogP contribution in [0.2, 0.25) is 0 Å². The van der Waals surface area contributed by atoms with Crippen LogP contribution in [0.5, 0.6) is 0 Å². The topological polar surface area (TPSA) is 75.4 Å². The third-order valence-corrected chi connectivity index (χ3v) is 5.86. The Hall–Kier alpha value is -3.45. The summed E-state index contributed by atoms with van der Waals surface area (Å²) >= 11 is 1.35. The normalized spacial score (nSPS) is 16.1. The van der Waals surface area contributed by atoms with Gasteiger partial charge in [0.25, 0.3) is 5.91 Å². The van der Waals surface area contributed by atoms with Gasteiger partial charge >= 0.3 is 0 Å². The lowest BCUT2D eigenvalue weighted by Crippen LogP contribution is -2.41. The summed E-state index contributed by atoms with van der Waals surface area (Å²) in [5.74, 6) is -0.0166. The van der Waals surface area contributed by atoms with Crippen molar-refractivity contribution in [2.75, 3.05) is 18.9 Å². The molecule has 0 aliphatic carbocycles. The van der Waals surface area contributed by atoms with Crippen LogP contribution in [-0.4, -0.2) is 35.3 Å². The molecule has 0 bridgehead atoms. The van der Waals surface area contributed by atoms with Gasteiger partial charge in [-0.05, 0) is 23.8 Å². The smallest absolute Gasteiger partial charge is 0.253 e. The molecule has 5 rings (SSSR count). The van der Waals surface area contributed by atoms with E-state index in [2.05, 4.69) is 10.3 Å². The van der Waals surface area contributed by atoms with Gasteiger partial charge in [0.2, 0.25) is 5.91 Å². The van der Waals surface area contributed by atoms with Crippen LogP contribution >= 0.6 is 11.3 Å². The maximum Gasteiger partial charge on any atom is 0.253 e. The van der Waals surface area contributed by atoms with Gasteiger partial charge in [-0.3, -0.25) is 9.59 Å². The molecule has 0 spiro atoms. The predicted molar refractivity (Wildman–Crippen MR) is 112 cm³/mol. The highest BCUT2D eigenvalue weighted by Gasteiger charge is 2.33. The van der Waals surface area contributed by atoms with Crippen LogP contribution in [0.15, 0.2) is 64.4 Å². The van der Waals surface area contributed by atoms with Gasteiger partial charge in [0.05, 0.1) is 5.92 Å². The standard InChI is InChI=1S/C22H17N3O3S/c1-25-11-16(14-7-3-4-8-15(14)21(25)27)20(26)24-22-23-17(12-29-22)19-10-13-6-2-5-9-18(13)28-19/h2-10,12,16H,11H2,1H3,(H,23,24,26). The van der Waals surface area contributed by atoms with Crippen molar-refractivity contribution >= 4 is 39.3 Å². The van der Waals surface area contributed by atoms with Gasteiger partial charge < -0.3 is 14.6 Å². The highest BCUT2D eigenvalue weighted by atomic mass is 32.1. The van der Waals surface area contributed by atoms with Gasteiger partial charge in [-0.25, -0.2) is 4.98 Å². The number of fused-ring (bicyclic) bond motifs is 2. The Morgan fingerprint density at radius 1 is 1.21 bits per heavy atom. The number of hydrogen-bond acceptors (Lipinski definition) is 5. The second kappa shape index (κ2) is 6.86. The molecule has 6 nitrogen and oxygen atoms in total. The molecular weight excluding hydrogens is 386 g/mol. The summed E-state index contributed by atoms with van der Waals surface area (Å²) < 4.78 is 5.85. The average Bonchev–Trinajstić information content (AvgIpc) is 3.37. The first-order valence-electron chi connectivity index (χ1n) is 9.20. The first-order chi connectivity index (χ1) is 14.1. The van der Waals surface area contributed by atoms with Crippen molar-refractivity contribution in [1.82, 2.24) is 9.88 Å². The Morgan fingerprint density at radius 3 is 2.86 bits per heavy atom. The van der Waals surface area contributed by atoms with E-state index in [1.54, 1.807) is 18.0 Å². The number of carbonyl (C=O) groups excluding carboxylic acids is 2. The van der Waals surface area contributed by atoms with Crippen LogP contribution in [-0.2, 0) is 4.79 Å². The second-order valence-corrected chi connectivity index (χ2v) is 7.86. The number of rotatable bonds is 3. The Morgan fingerprint density at radius 2 is 2.00 bits per heavy atom. The number of nitrogens with one attached hydrogen (secondary N) is 1. The van der Waals surface area contributed by atoms with Crippen LogP contribution in [0.25, 0.3) is 22.4 Å². The van der Waals surface area contributed by atoms with Crippen LogP contribution in [0.1, 0.15) is 21.8 Å². The highest BCUT2D eigenvalue weighted by molar-refractivity contribution is 7.14. The van der Waals surface area contributed by atoms with E-state index in [4.69, 9.17) is 4.42 Å². The van der Waals surface area contributed by atoms with Gasteiger partial charge in [-0.1, -0.05) is 36.4 Å². The Bertz CT molecular complexity index is 1210. The first-order valence-corrected chi connectivity index (χ1v) is 10.1. The summed E-state index contributed by atoms with van der Waals surface area (Å²) in [4.78, 5) is 31.4. The van der Waals surface area contributed by atoms with Crippen molar-refractivity contribution in [3.05, 3.63) is 71.1 Å². The number of para-hydroxylation sites is 1. The SMILES string of the molecule is CN1CC(C(=O)Nc2nc(-c3cc4ccccc4o3)cs2)c2ccccc2C1=O. The lowest BCUT2D eigenvalue weighted by molar-refractivity contribution is -0.117. The van der Waals surface area contributed by atoms with Gasteiger partial charge in [0, 0.05) is 29.9 Å². The summed E-state index contributed by atoms with van der Waals surface area (Å²) in [7, 11) is 1.71. The van der Waals surface area contributed by atoms with E-state index in [0.717, 1.165) is 16.5 Å². The number of anilines is 1. The van der Waals surface area contributed by atoms with Crippen molar-refractivity contribution in [1.29, 1.82) is 0 Å². The Labute approximate surface area is 170 Å². The van der Waals surface area contributed by atoms with Crippen molar-refractivity contribution in [2.24, 2.45) is 0 Å². The third-order valence-electron chi connectivity index (χ3n) is 5.10. The van der Waals surface area contributed by atoms with Crippen LogP contribution < -0.4 is 5.32 Å². The summed E-state index contributed by atoms with van der Waals surface area (Å²) in [5, 5.41) is 6.27. The minimum absolute atomic E-state index is 0.0638. The number of likely N-dealkylation sites (N-methyl/N-ethyl adjacent to an activating group) is 1. The molecule has 4 aromatic rings. The molecular formula is C22H17N3O3S. The molecule has 3 heterocycles. The van der Waals surface area contributed by atoms with E-state index < -0.39 is 5.92 Å². The molecule has 0 saturated carbocycles. The summed E-state index contributed by atoms with van der Waals surface area (Å²) in [5.41, 5.74) is 2.80. The number of aromatic nitrogens is 1. The van der Waals surface area contributed by atoms with Crippen molar-refractivity contribution in [3.8, 4) is 11.5 Å². The van der Waals surface area contributed by atoms with Gasteiger partial charge in [-0.2, -0.15) is 0 Å². The molecule has 0 saturated heterocycles. The molecule has 0 radical (unpaired) electrons. The number of carbonyl (C=O) groups is 2. The summed E-state index contributed by atoms with van der Waals surface area (Å²) in [6.07, 6.45) is 0. The Kier molecular flexibility index (Phi) is 4.17.